The molecule has 0 aliphatic carbocycles. The van der Waals surface area contributed by atoms with Crippen LogP contribution in [-0.2, 0) is 19.0 Å². The molecule has 1 rings (SSSR count). The highest BCUT2D eigenvalue weighted by Crippen LogP contribution is 2.21. The molecule has 1 fully saturated rings. The van der Waals surface area contributed by atoms with Gasteiger partial charge in [-0.05, 0) is 12.8 Å². The molecule has 0 radical (unpaired) electrons. The summed E-state index contributed by atoms with van der Waals surface area (Å²) in [5.74, 6) is 2.53. The van der Waals surface area contributed by atoms with E-state index in [2.05, 4.69) is 25.0 Å². The lowest BCUT2D eigenvalue weighted by atomic mass is 9.99. The number of aliphatic hydroxyl groups is 4. The lowest BCUT2D eigenvalue weighted by Gasteiger charge is -2.33. The summed E-state index contributed by atoms with van der Waals surface area (Å²) in [6.07, 6.45) is -1.74. The maximum atomic E-state index is 12.3. The van der Waals surface area contributed by atoms with E-state index in [-0.39, 0.29) is 32.9 Å². The van der Waals surface area contributed by atoms with E-state index in [0.717, 1.165) is 0 Å². The van der Waals surface area contributed by atoms with Gasteiger partial charge in [0.2, 0.25) is 0 Å². The van der Waals surface area contributed by atoms with Crippen molar-refractivity contribution in [1.82, 2.24) is 4.90 Å². The molecule has 158 valence electrons. The average Bonchev–Trinajstić information content (AvgIpc) is 3.17. The number of nitrogens with zero attached hydrogens (tertiary/aromatic N) is 1. The van der Waals surface area contributed by atoms with Gasteiger partial charge in [-0.25, -0.2) is 4.79 Å². The standard InChI is InChI=1S/C19H29NO8/c1-4-9-20(10-5-2)14(16(23)17(24)15(22)13-21)7-8-19(18(25)26-6-3)27-11-12-28-19/h4-5,14-17,21-24H,1-2,6,9-13H2,3H3/t14?,15-,16-,17-/m1/s1. The van der Waals surface area contributed by atoms with Crippen molar-refractivity contribution in [1.29, 1.82) is 0 Å². The Labute approximate surface area is 164 Å². The third-order valence-electron chi connectivity index (χ3n) is 4.00. The van der Waals surface area contributed by atoms with E-state index in [1.807, 2.05) is 0 Å². The lowest BCUT2D eigenvalue weighted by molar-refractivity contribution is -0.188. The molecule has 4 N–H and O–H groups in total. The van der Waals surface area contributed by atoms with Crippen LogP contribution in [0.2, 0.25) is 0 Å². The predicted octanol–water partition coefficient (Wildman–Crippen LogP) is -1.59. The first-order chi connectivity index (χ1) is 13.4. The highest BCUT2D eigenvalue weighted by atomic mass is 16.8. The monoisotopic (exact) mass is 399 g/mol. The summed E-state index contributed by atoms with van der Waals surface area (Å²) >= 11 is 0. The Morgan fingerprint density at radius 3 is 2.25 bits per heavy atom. The highest BCUT2D eigenvalue weighted by molar-refractivity contribution is 5.82. The third kappa shape index (κ3) is 6.12. The van der Waals surface area contributed by atoms with Crippen LogP contribution < -0.4 is 0 Å². The fourth-order valence-electron chi connectivity index (χ4n) is 2.60. The van der Waals surface area contributed by atoms with Gasteiger partial charge in [0, 0.05) is 13.1 Å². The number of hydrogen-bond acceptors (Lipinski definition) is 9. The zero-order valence-corrected chi connectivity index (χ0v) is 16.0. The summed E-state index contributed by atoms with van der Waals surface area (Å²) in [6, 6.07) is -1.06. The number of hydrogen-bond donors (Lipinski definition) is 4. The fourth-order valence-corrected chi connectivity index (χ4v) is 2.60. The van der Waals surface area contributed by atoms with Crippen LogP contribution in [0.15, 0.2) is 25.3 Å². The number of rotatable bonds is 11. The van der Waals surface area contributed by atoms with Crippen molar-refractivity contribution in [2.45, 2.75) is 37.1 Å². The Morgan fingerprint density at radius 2 is 1.79 bits per heavy atom. The molecule has 0 spiro atoms. The third-order valence-corrected chi connectivity index (χ3v) is 4.00. The molecular weight excluding hydrogens is 370 g/mol. The molecule has 1 heterocycles. The smallest absolute Gasteiger partial charge is 0.380 e. The van der Waals surface area contributed by atoms with Gasteiger partial charge in [-0.15, -0.1) is 13.2 Å². The van der Waals surface area contributed by atoms with Crippen LogP contribution in [0.1, 0.15) is 6.92 Å². The van der Waals surface area contributed by atoms with Crippen LogP contribution in [0.4, 0.5) is 0 Å². The van der Waals surface area contributed by atoms with Gasteiger partial charge < -0.3 is 34.6 Å². The summed E-state index contributed by atoms with van der Waals surface area (Å²) < 4.78 is 15.7. The molecule has 0 aromatic heterocycles. The maximum absolute atomic E-state index is 12.3. The molecule has 0 saturated carbocycles. The number of esters is 1. The number of carbonyl (C=O) groups excluding carboxylic acids is 1. The van der Waals surface area contributed by atoms with Gasteiger partial charge in [-0.1, -0.05) is 18.1 Å². The molecule has 28 heavy (non-hydrogen) atoms. The average molecular weight is 399 g/mol. The number of ether oxygens (including phenoxy) is 3. The van der Waals surface area contributed by atoms with Gasteiger partial charge >= 0.3 is 11.8 Å². The fraction of sp³-hybridized carbons (Fsp3) is 0.632. The van der Waals surface area contributed by atoms with Crippen LogP contribution in [0.5, 0.6) is 0 Å². The zero-order chi connectivity index (χ0) is 21.2. The molecule has 1 aliphatic rings. The van der Waals surface area contributed by atoms with E-state index in [1.165, 1.54) is 0 Å². The van der Waals surface area contributed by atoms with Crippen LogP contribution in [-0.4, -0.2) is 101 Å². The minimum absolute atomic E-state index is 0.0987. The summed E-state index contributed by atoms with van der Waals surface area (Å²) in [6.45, 7) is 9.06. The Hall–Kier alpha value is -1.77. The molecule has 4 atom stereocenters. The van der Waals surface area contributed by atoms with Gasteiger partial charge in [0.15, 0.2) is 0 Å². The molecule has 0 bridgehead atoms. The first-order valence-electron chi connectivity index (χ1n) is 8.95. The summed E-state index contributed by atoms with van der Waals surface area (Å²) in [7, 11) is 0. The molecule has 1 unspecified atom stereocenters. The largest absolute Gasteiger partial charge is 0.461 e. The Balaban J connectivity index is 3.27. The van der Waals surface area contributed by atoms with Gasteiger partial charge in [0.1, 0.15) is 24.4 Å². The van der Waals surface area contributed by atoms with Crippen molar-refractivity contribution < 1.29 is 39.4 Å². The van der Waals surface area contributed by atoms with E-state index < -0.39 is 42.7 Å². The first-order valence-corrected chi connectivity index (χ1v) is 8.95. The first kappa shape index (κ1) is 24.3. The predicted molar refractivity (Wildman–Crippen MR) is 99.9 cm³/mol. The molecular formula is C19H29NO8. The van der Waals surface area contributed by atoms with E-state index >= 15 is 0 Å². The van der Waals surface area contributed by atoms with E-state index in [9.17, 15) is 20.1 Å². The molecule has 0 amide bonds. The van der Waals surface area contributed by atoms with E-state index in [4.69, 9.17) is 19.3 Å². The number of carbonyl (C=O) groups is 1. The maximum Gasteiger partial charge on any atom is 0.380 e. The van der Waals surface area contributed by atoms with Crippen LogP contribution in [0, 0.1) is 11.8 Å². The van der Waals surface area contributed by atoms with Crippen molar-refractivity contribution >= 4 is 5.97 Å². The second-order valence-electron chi connectivity index (χ2n) is 6.01. The molecule has 0 aromatic rings. The van der Waals surface area contributed by atoms with Crippen molar-refractivity contribution in [2.75, 3.05) is 39.5 Å². The quantitative estimate of drug-likeness (QED) is 0.185. The topological polar surface area (TPSA) is 129 Å². The van der Waals surface area contributed by atoms with Crippen molar-refractivity contribution in [3.8, 4) is 11.8 Å². The molecule has 1 saturated heterocycles. The second-order valence-corrected chi connectivity index (χ2v) is 6.01. The van der Waals surface area contributed by atoms with E-state index in [0.29, 0.717) is 0 Å². The Morgan fingerprint density at radius 1 is 1.21 bits per heavy atom. The lowest BCUT2D eigenvalue weighted by Crippen LogP contribution is -2.52. The summed E-state index contributed by atoms with van der Waals surface area (Å²) in [5, 5.41) is 39.4. The van der Waals surface area contributed by atoms with Gasteiger partial charge in [-0.2, -0.15) is 0 Å². The second kappa shape index (κ2) is 11.9. The number of aliphatic hydroxyl groups excluding tert-OH is 4. The Kier molecular flexibility index (Phi) is 10.3. The SMILES string of the molecule is C=CCN(CC=C)C(C#CC1(C(=O)OCC)OCCO1)[C@@H](O)[C@H](O)[C@H](O)CO. The van der Waals surface area contributed by atoms with E-state index in [1.54, 1.807) is 24.0 Å². The van der Waals surface area contributed by atoms with Gasteiger partial charge in [0.05, 0.1) is 26.4 Å². The minimum atomic E-state index is -1.93. The van der Waals surface area contributed by atoms with Crippen molar-refractivity contribution in [3.63, 3.8) is 0 Å². The van der Waals surface area contributed by atoms with Crippen molar-refractivity contribution in [3.05, 3.63) is 25.3 Å². The summed E-state index contributed by atoms with van der Waals surface area (Å²) in [4.78, 5) is 13.9. The van der Waals surface area contributed by atoms with Gasteiger partial charge in [0.25, 0.3) is 0 Å². The molecule has 1 aliphatic heterocycles. The minimum Gasteiger partial charge on any atom is -0.461 e. The van der Waals surface area contributed by atoms with Crippen LogP contribution >= 0.6 is 0 Å². The molecule has 0 aromatic carbocycles. The van der Waals surface area contributed by atoms with Crippen molar-refractivity contribution in [2.24, 2.45) is 0 Å². The highest BCUT2D eigenvalue weighted by Gasteiger charge is 2.45. The van der Waals surface area contributed by atoms with Crippen LogP contribution in [0.3, 0.4) is 0 Å². The molecule has 9 nitrogen and oxygen atoms in total. The van der Waals surface area contributed by atoms with Gasteiger partial charge in [-0.3, -0.25) is 4.90 Å². The zero-order valence-electron chi connectivity index (χ0n) is 16.0. The molecule has 9 heteroatoms. The van der Waals surface area contributed by atoms with Crippen LogP contribution in [0.25, 0.3) is 0 Å². The Bertz CT molecular complexity index is 568. The summed E-state index contributed by atoms with van der Waals surface area (Å²) in [5.41, 5.74) is 0. The normalized spacial score (nSPS) is 19.8.